The summed E-state index contributed by atoms with van der Waals surface area (Å²) in [7, 11) is 5.78. The van der Waals surface area contributed by atoms with Crippen molar-refractivity contribution in [3.63, 3.8) is 0 Å². The molecule has 36 heavy (non-hydrogen) atoms. The molecule has 1 atom stereocenters. The van der Waals surface area contributed by atoms with Gasteiger partial charge in [-0.15, -0.1) is 0 Å². The van der Waals surface area contributed by atoms with Gasteiger partial charge in [0.15, 0.2) is 0 Å². The number of carbonyl (C=O) groups excluding carboxylic acids is 1. The van der Waals surface area contributed by atoms with E-state index in [0.717, 1.165) is 40.9 Å². The van der Waals surface area contributed by atoms with Crippen LogP contribution in [-0.4, -0.2) is 55.0 Å². The number of aromatic nitrogens is 1. The Balaban J connectivity index is 1.73. The molecule has 0 saturated carbocycles. The number of rotatable bonds is 11. The maximum absolute atomic E-state index is 14.0. The first-order chi connectivity index (χ1) is 17.5. The van der Waals surface area contributed by atoms with E-state index in [1.165, 1.54) is 10.9 Å². The molecule has 1 heterocycles. The maximum Gasteiger partial charge on any atom is 0.223 e. The quantitative estimate of drug-likeness (QED) is 0.291. The van der Waals surface area contributed by atoms with E-state index in [0.29, 0.717) is 19.5 Å². The van der Waals surface area contributed by atoms with Crippen molar-refractivity contribution in [3.05, 3.63) is 101 Å². The number of ether oxygens (including phenoxy) is 1. The van der Waals surface area contributed by atoms with Gasteiger partial charge in [0.05, 0.1) is 7.11 Å². The number of benzene rings is 3. The lowest BCUT2D eigenvalue weighted by Gasteiger charge is -2.27. The molecule has 0 fully saturated rings. The Hall–Kier alpha value is -3.57. The molecular weight excluding hydrogens is 446 g/mol. The van der Waals surface area contributed by atoms with Crippen LogP contribution in [-0.2, 0) is 17.8 Å². The molecule has 5 nitrogen and oxygen atoms in total. The van der Waals surface area contributed by atoms with Gasteiger partial charge < -0.3 is 19.5 Å². The largest absolute Gasteiger partial charge is 0.496 e. The van der Waals surface area contributed by atoms with Gasteiger partial charge in [-0.3, -0.25) is 4.79 Å². The van der Waals surface area contributed by atoms with Crippen LogP contribution in [0.3, 0.4) is 0 Å². The van der Waals surface area contributed by atoms with Crippen molar-refractivity contribution < 1.29 is 9.53 Å². The van der Waals surface area contributed by atoms with Crippen molar-refractivity contribution in [2.24, 2.45) is 0 Å². The molecule has 3 aromatic carbocycles. The van der Waals surface area contributed by atoms with Gasteiger partial charge >= 0.3 is 0 Å². The molecule has 1 amide bonds. The highest BCUT2D eigenvalue weighted by Crippen LogP contribution is 2.39. The second kappa shape index (κ2) is 11.9. The molecule has 0 aliphatic rings. The fourth-order valence-corrected chi connectivity index (χ4v) is 4.88. The zero-order valence-corrected chi connectivity index (χ0v) is 21.8. The number of aryl methyl sites for hydroxylation is 1. The predicted molar refractivity (Wildman–Crippen MR) is 148 cm³/mol. The third-order valence-corrected chi connectivity index (χ3v) is 6.87. The van der Waals surface area contributed by atoms with Crippen LogP contribution < -0.4 is 4.74 Å². The lowest BCUT2D eigenvalue weighted by molar-refractivity contribution is -0.132. The molecule has 0 bridgehead atoms. The van der Waals surface area contributed by atoms with E-state index >= 15 is 0 Å². The SMILES string of the molecule is CCc1cccc2c(C(CC(=O)N(CCN(C)C)Cc3ccccc3)c3ccccc3OC)c[nH]c12. The Morgan fingerprint density at radius 2 is 1.67 bits per heavy atom. The van der Waals surface area contributed by atoms with Gasteiger partial charge in [-0.25, -0.2) is 0 Å². The predicted octanol–water partition coefficient (Wildman–Crippen LogP) is 5.85. The summed E-state index contributed by atoms with van der Waals surface area (Å²) in [5.41, 5.74) is 5.73. The number of hydrogen-bond donors (Lipinski definition) is 1. The third-order valence-electron chi connectivity index (χ3n) is 6.87. The number of methoxy groups -OCH3 is 1. The number of likely N-dealkylation sites (N-methyl/N-ethyl adjacent to an activating group) is 1. The number of para-hydroxylation sites is 2. The van der Waals surface area contributed by atoms with Crippen molar-refractivity contribution in [2.45, 2.75) is 32.2 Å². The van der Waals surface area contributed by atoms with Gasteiger partial charge in [-0.2, -0.15) is 0 Å². The summed E-state index contributed by atoms with van der Waals surface area (Å²) in [5, 5.41) is 1.17. The van der Waals surface area contributed by atoms with E-state index in [2.05, 4.69) is 59.4 Å². The van der Waals surface area contributed by atoms with Crippen LogP contribution in [0.1, 0.15) is 41.5 Å². The molecule has 0 spiro atoms. The van der Waals surface area contributed by atoms with Crippen molar-refractivity contribution in [3.8, 4) is 5.75 Å². The standard InChI is InChI=1S/C31H37N3O2/c1-5-24-14-11-16-26-28(21-32-31(24)26)27(25-15-9-10-17-29(25)36-4)20-30(35)34(19-18-33(2)3)22-23-12-7-6-8-13-23/h6-17,21,27,32H,5,18-20,22H2,1-4H3. The van der Waals surface area contributed by atoms with Crippen LogP contribution >= 0.6 is 0 Å². The first-order valence-electron chi connectivity index (χ1n) is 12.7. The Morgan fingerprint density at radius 3 is 2.39 bits per heavy atom. The van der Waals surface area contributed by atoms with Gasteiger partial charge in [0.1, 0.15) is 5.75 Å². The minimum Gasteiger partial charge on any atom is -0.496 e. The van der Waals surface area contributed by atoms with Crippen LogP contribution in [0.4, 0.5) is 0 Å². The molecule has 1 aromatic heterocycles. The highest BCUT2D eigenvalue weighted by molar-refractivity contribution is 5.88. The van der Waals surface area contributed by atoms with Crippen molar-refractivity contribution in [1.82, 2.24) is 14.8 Å². The van der Waals surface area contributed by atoms with E-state index in [1.54, 1.807) is 7.11 Å². The molecular formula is C31H37N3O2. The average Bonchev–Trinajstić information content (AvgIpc) is 3.34. The van der Waals surface area contributed by atoms with E-state index in [-0.39, 0.29) is 11.8 Å². The Kier molecular flexibility index (Phi) is 8.44. The monoisotopic (exact) mass is 483 g/mol. The molecule has 4 aromatic rings. The summed E-state index contributed by atoms with van der Waals surface area (Å²) in [4.78, 5) is 21.6. The molecule has 188 valence electrons. The zero-order chi connectivity index (χ0) is 25.5. The third kappa shape index (κ3) is 5.80. The maximum atomic E-state index is 14.0. The Morgan fingerprint density at radius 1 is 0.917 bits per heavy atom. The minimum atomic E-state index is -0.132. The summed E-state index contributed by atoms with van der Waals surface area (Å²) in [6.07, 6.45) is 3.39. The number of fused-ring (bicyclic) bond motifs is 1. The summed E-state index contributed by atoms with van der Waals surface area (Å²) < 4.78 is 5.76. The smallest absolute Gasteiger partial charge is 0.223 e. The first kappa shape index (κ1) is 25.5. The number of carbonyl (C=O) groups is 1. The number of nitrogens with one attached hydrogen (secondary N) is 1. The molecule has 0 aliphatic carbocycles. The van der Waals surface area contributed by atoms with Crippen LogP contribution in [0.2, 0.25) is 0 Å². The fraction of sp³-hybridized carbons (Fsp3) is 0.323. The van der Waals surface area contributed by atoms with Gasteiger partial charge in [0, 0.05) is 54.6 Å². The first-order valence-corrected chi connectivity index (χ1v) is 12.7. The second-order valence-corrected chi connectivity index (χ2v) is 9.54. The molecule has 1 unspecified atom stereocenters. The molecule has 1 N–H and O–H groups in total. The van der Waals surface area contributed by atoms with Crippen LogP contribution in [0.25, 0.3) is 10.9 Å². The van der Waals surface area contributed by atoms with Gasteiger partial charge in [-0.1, -0.05) is 73.7 Å². The van der Waals surface area contributed by atoms with Crippen molar-refractivity contribution in [1.29, 1.82) is 0 Å². The topological polar surface area (TPSA) is 48.6 Å². The Labute approximate surface area is 214 Å². The molecule has 4 rings (SSSR count). The number of H-pyrrole nitrogens is 1. The number of hydrogen-bond acceptors (Lipinski definition) is 3. The van der Waals surface area contributed by atoms with E-state index in [1.807, 2.05) is 55.4 Å². The number of amides is 1. The number of aromatic amines is 1. The zero-order valence-electron chi connectivity index (χ0n) is 21.8. The van der Waals surface area contributed by atoms with E-state index in [9.17, 15) is 4.79 Å². The lowest BCUT2D eigenvalue weighted by atomic mass is 9.86. The fourth-order valence-electron chi connectivity index (χ4n) is 4.88. The van der Waals surface area contributed by atoms with Crippen LogP contribution in [0.5, 0.6) is 5.75 Å². The summed E-state index contributed by atoms with van der Waals surface area (Å²) in [6, 6.07) is 24.7. The van der Waals surface area contributed by atoms with Gasteiger partial charge in [-0.05, 0) is 43.3 Å². The number of nitrogens with zero attached hydrogens (tertiary/aromatic N) is 2. The van der Waals surface area contributed by atoms with Crippen molar-refractivity contribution in [2.75, 3.05) is 34.3 Å². The second-order valence-electron chi connectivity index (χ2n) is 9.54. The Bertz CT molecular complexity index is 1280. The highest BCUT2D eigenvalue weighted by Gasteiger charge is 2.27. The average molecular weight is 484 g/mol. The van der Waals surface area contributed by atoms with Gasteiger partial charge in [0.2, 0.25) is 5.91 Å². The molecule has 0 saturated heterocycles. The van der Waals surface area contributed by atoms with E-state index < -0.39 is 0 Å². The van der Waals surface area contributed by atoms with Gasteiger partial charge in [0.25, 0.3) is 0 Å². The molecule has 5 heteroatoms. The van der Waals surface area contributed by atoms with Crippen LogP contribution in [0.15, 0.2) is 79.0 Å². The normalized spacial score (nSPS) is 12.1. The van der Waals surface area contributed by atoms with Crippen molar-refractivity contribution >= 4 is 16.8 Å². The summed E-state index contributed by atoms with van der Waals surface area (Å²) in [5.74, 6) is 0.809. The summed E-state index contributed by atoms with van der Waals surface area (Å²) in [6.45, 7) is 4.25. The lowest BCUT2D eigenvalue weighted by Crippen LogP contribution is -2.37. The summed E-state index contributed by atoms with van der Waals surface area (Å²) >= 11 is 0. The molecule has 0 aliphatic heterocycles. The minimum absolute atomic E-state index is 0.132. The van der Waals surface area contributed by atoms with E-state index in [4.69, 9.17) is 4.74 Å². The van der Waals surface area contributed by atoms with Crippen LogP contribution in [0, 0.1) is 0 Å². The highest BCUT2D eigenvalue weighted by atomic mass is 16.5. The molecule has 0 radical (unpaired) electrons.